The normalized spacial score (nSPS) is 14.2. The third-order valence-corrected chi connectivity index (χ3v) is 4.89. The van der Waals surface area contributed by atoms with Crippen molar-refractivity contribution in [1.29, 1.82) is 0 Å². The monoisotopic (exact) mass is 305 g/mol. The molecule has 3 rings (SSSR count). The number of Topliss-reactive ketones (excluding diaryl/α,β-unsaturated/α-hetero) is 1. The Morgan fingerprint density at radius 3 is 2.90 bits per heavy atom. The molecule has 2 aromatic rings. The Bertz CT molecular complexity index is 650. The molecule has 0 unspecified atom stereocenters. The molecular formula is C16H16ClNOS. The smallest absolute Gasteiger partial charge is 0.159 e. The molecule has 104 valence electrons. The van der Waals surface area contributed by atoms with Gasteiger partial charge in [-0.15, -0.1) is 11.3 Å². The van der Waals surface area contributed by atoms with Gasteiger partial charge in [0.25, 0.3) is 0 Å². The second kappa shape index (κ2) is 5.58. The number of fused-ring (bicyclic) bond motifs is 1. The van der Waals surface area contributed by atoms with Gasteiger partial charge in [0.2, 0.25) is 0 Å². The number of rotatable bonds is 3. The Hall–Kier alpha value is -1.32. The lowest BCUT2D eigenvalue weighted by molar-refractivity contribution is 0.101. The van der Waals surface area contributed by atoms with E-state index in [1.165, 1.54) is 16.1 Å². The highest BCUT2D eigenvalue weighted by Gasteiger charge is 2.18. The quantitative estimate of drug-likeness (QED) is 0.775. The Balaban J connectivity index is 1.88. The average Bonchev–Trinajstić information content (AvgIpc) is 2.84. The third kappa shape index (κ3) is 2.74. The van der Waals surface area contributed by atoms with Crippen LogP contribution in [-0.2, 0) is 13.0 Å². The molecule has 0 atom stereocenters. The van der Waals surface area contributed by atoms with Gasteiger partial charge in [-0.25, -0.2) is 0 Å². The van der Waals surface area contributed by atoms with Gasteiger partial charge in [0, 0.05) is 22.7 Å². The van der Waals surface area contributed by atoms with Crippen molar-refractivity contribution in [2.24, 2.45) is 0 Å². The first kappa shape index (κ1) is 13.7. The molecule has 20 heavy (non-hydrogen) atoms. The number of hydrogen-bond donors (Lipinski definition) is 0. The highest BCUT2D eigenvalue weighted by atomic mass is 35.5. The number of nitrogens with zero attached hydrogens (tertiary/aromatic N) is 1. The summed E-state index contributed by atoms with van der Waals surface area (Å²) in [5.74, 6) is 0.134. The third-order valence-electron chi connectivity index (χ3n) is 3.68. The average molecular weight is 306 g/mol. The van der Waals surface area contributed by atoms with Crippen molar-refractivity contribution in [3.63, 3.8) is 0 Å². The minimum absolute atomic E-state index is 0.134. The molecule has 0 spiro atoms. The van der Waals surface area contributed by atoms with E-state index in [1.54, 1.807) is 18.3 Å². The minimum Gasteiger partial charge on any atom is -0.366 e. The topological polar surface area (TPSA) is 20.3 Å². The number of hydrogen-bond acceptors (Lipinski definition) is 3. The van der Waals surface area contributed by atoms with E-state index in [0.717, 1.165) is 35.8 Å². The van der Waals surface area contributed by atoms with Crippen LogP contribution >= 0.6 is 22.9 Å². The minimum atomic E-state index is 0.134. The van der Waals surface area contributed by atoms with Crippen molar-refractivity contribution in [1.82, 2.24) is 0 Å². The summed E-state index contributed by atoms with van der Waals surface area (Å²) in [6.45, 7) is 3.57. The molecular weight excluding hydrogens is 290 g/mol. The fourth-order valence-electron chi connectivity index (χ4n) is 2.68. The van der Waals surface area contributed by atoms with E-state index in [1.807, 2.05) is 18.2 Å². The number of thiophene rings is 1. The fourth-order valence-corrected chi connectivity index (χ4v) is 3.79. The van der Waals surface area contributed by atoms with Crippen LogP contribution in [0.3, 0.4) is 0 Å². The van der Waals surface area contributed by atoms with Gasteiger partial charge in [0.1, 0.15) is 0 Å². The number of ketones is 1. The summed E-state index contributed by atoms with van der Waals surface area (Å²) in [6.07, 6.45) is 2.19. The standard InChI is InChI=1S/C16H16ClNOS/c1-11(19)12-4-6-15-13(9-12)3-2-8-18(15)10-14-5-7-16(17)20-14/h4-7,9H,2-3,8,10H2,1H3. The number of benzene rings is 1. The largest absolute Gasteiger partial charge is 0.366 e. The number of anilines is 1. The van der Waals surface area contributed by atoms with Gasteiger partial charge in [-0.3, -0.25) is 4.79 Å². The highest BCUT2D eigenvalue weighted by molar-refractivity contribution is 7.16. The Kier molecular flexibility index (Phi) is 3.81. The van der Waals surface area contributed by atoms with Crippen molar-refractivity contribution in [3.8, 4) is 0 Å². The molecule has 0 saturated heterocycles. The van der Waals surface area contributed by atoms with Crippen LogP contribution in [0.4, 0.5) is 5.69 Å². The summed E-state index contributed by atoms with van der Waals surface area (Å²) >= 11 is 7.63. The van der Waals surface area contributed by atoms with E-state index in [9.17, 15) is 4.79 Å². The molecule has 0 fully saturated rings. The SMILES string of the molecule is CC(=O)c1ccc2c(c1)CCCN2Cc1ccc(Cl)s1. The zero-order chi connectivity index (χ0) is 14.1. The molecule has 1 aromatic carbocycles. The van der Waals surface area contributed by atoms with Crippen LogP contribution in [0, 0.1) is 0 Å². The van der Waals surface area contributed by atoms with Crippen molar-refractivity contribution >= 4 is 34.4 Å². The van der Waals surface area contributed by atoms with Crippen LogP contribution in [0.2, 0.25) is 4.34 Å². The summed E-state index contributed by atoms with van der Waals surface area (Å²) < 4.78 is 0.837. The van der Waals surface area contributed by atoms with Gasteiger partial charge < -0.3 is 4.90 Å². The number of aryl methyl sites for hydroxylation is 1. The molecule has 0 aliphatic carbocycles. The van der Waals surface area contributed by atoms with Crippen molar-refractivity contribution in [2.45, 2.75) is 26.3 Å². The van der Waals surface area contributed by atoms with Crippen molar-refractivity contribution in [3.05, 3.63) is 50.7 Å². The molecule has 2 nitrogen and oxygen atoms in total. The molecule has 4 heteroatoms. The molecule has 1 aromatic heterocycles. The number of carbonyl (C=O) groups is 1. The Morgan fingerprint density at radius 1 is 1.35 bits per heavy atom. The van der Waals surface area contributed by atoms with E-state index >= 15 is 0 Å². The van der Waals surface area contributed by atoms with Gasteiger partial charge in [-0.2, -0.15) is 0 Å². The summed E-state index contributed by atoms with van der Waals surface area (Å²) in [6, 6.07) is 10.1. The number of carbonyl (C=O) groups excluding carboxylic acids is 1. The first-order valence-corrected chi connectivity index (χ1v) is 7.96. The summed E-state index contributed by atoms with van der Waals surface area (Å²) in [5.41, 5.74) is 3.35. The van der Waals surface area contributed by atoms with E-state index in [4.69, 9.17) is 11.6 Å². The molecule has 1 aliphatic rings. The Labute approximate surface area is 128 Å². The van der Waals surface area contributed by atoms with Gasteiger partial charge in [-0.1, -0.05) is 11.6 Å². The van der Waals surface area contributed by atoms with E-state index in [2.05, 4.69) is 17.0 Å². The van der Waals surface area contributed by atoms with Gasteiger partial charge in [0.05, 0.1) is 10.9 Å². The predicted molar refractivity (Wildman–Crippen MR) is 85.1 cm³/mol. The first-order chi connectivity index (χ1) is 9.63. The maximum absolute atomic E-state index is 11.5. The van der Waals surface area contributed by atoms with E-state index in [0.29, 0.717) is 0 Å². The van der Waals surface area contributed by atoms with Crippen molar-refractivity contribution in [2.75, 3.05) is 11.4 Å². The lowest BCUT2D eigenvalue weighted by atomic mass is 9.98. The van der Waals surface area contributed by atoms with Crippen LogP contribution in [0.5, 0.6) is 0 Å². The maximum Gasteiger partial charge on any atom is 0.159 e. The lowest BCUT2D eigenvalue weighted by Crippen LogP contribution is -2.28. The molecule has 1 aliphatic heterocycles. The Morgan fingerprint density at radius 2 is 2.20 bits per heavy atom. The predicted octanol–water partition coefficient (Wildman–Crippen LogP) is 4.56. The fraction of sp³-hybridized carbons (Fsp3) is 0.312. The van der Waals surface area contributed by atoms with E-state index < -0.39 is 0 Å². The van der Waals surface area contributed by atoms with Gasteiger partial charge in [-0.05, 0) is 55.7 Å². The van der Waals surface area contributed by atoms with Gasteiger partial charge >= 0.3 is 0 Å². The molecule has 0 amide bonds. The van der Waals surface area contributed by atoms with Crippen LogP contribution < -0.4 is 4.90 Å². The van der Waals surface area contributed by atoms with Crippen LogP contribution in [0.25, 0.3) is 0 Å². The first-order valence-electron chi connectivity index (χ1n) is 6.76. The second-order valence-corrected chi connectivity index (χ2v) is 6.93. The summed E-state index contributed by atoms with van der Waals surface area (Å²) in [4.78, 5) is 15.1. The van der Waals surface area contributed by atoms with Crippen molar-refractivity contribution < 1.29 is 4.79 Å². The molecule has 0 bridgehead atoms. The highest BCUT2D eigenvalue weighted by Crippen LogP contribution is 2.31. The molecule has 2 heterocycles. The summed E-state index contributed by atoms with van der Waals surface area (Å²) in [5, 5.41) is 0. The number of halogens is 1. The van der Waals surface area contributed by atoms with Gasteiger partial charge in [0.15, 0.2) is 5.78 Å². The molecule has 0 radical (unpaired) electrons. The second-order valence-electron chi connectivity index (χ2n) is 5.13. The van der Waals surface area contributed by atoms with Crippen LogP contribution in [0.15, 0.2) is 30.3 Å². The maximum atomic E-state index is 11.5. The van der Waals surface area contributed by atoms with Crippen LogP contribution in [-0.4, -0.2) is 12.3 Å². The molecule has 0 N–H and O–H groups in total. The molecule has 0 saturated carbocycles. The lowest BCUT2D eigenvalue weighted by Gasteiger charge is -2.31. The zero-order valence-corrected chi connectivity index (χ0v) is 12.9. The zero-order valence-electron chi connectivity index (χ0n) is 11.4. The van der Waals surface area contributed by atoms with Crippen LogP contribution in [0.1, 0.15) is 34.1 Å². The summed E-state index contributed by atoms with van der Waals surface area (Å²) in [7, 11) is 0. The van der Waals surface area contributed by atoms with E-state index in [-0.39, 0.29) is 5.78 Å².